The molecule has 0 fully saturated rings. The first-order valence-corrected chi connectivity index (χ1v) is 7.99. The first-order chi connectivity index (χ1) is 9.08. The second-order valence-corrected chi connectivity index (χ2v) is 6.76. The lowest BCUT2D eigenvalue weighted by atomic mass is 10.1. The predicted octanol–water partition coefficient (Wildman–Crippen LogP) is 4.03. The van der Waals surface area contributed by atoms with E-state index >= 15 is 0 Å². The highest BCUT2D eigenvalue weighted by Crippen LogP contribution is 2.28. The molecule has 2 atom stereocenters. The van der Waals surface area contributed by atoms with Crippen molar-refractivity contribution in [3.05, 3.63) is 56.7 Å². The molecule has 0 aliphatic carbocycles. The normalized spacial score (nSPS) is 14.6. The monoisotopic (exact) mass is 338 g/mol. The number of benzene rings is 1. The van der Waals surface area contributed by atoms with E-state index in [0.29, 0.717) is 0 Å². The quantitative estimate of drug-likeness (QED) is 0.891. The lowest BCUT2D eigenvalue weighted by Crippen LogP contribution is -2.36. The van der Waals surface area contributed by atoms with E-state index < -0.39 is 0 Å². The van der Waals surface area contributed by atoms with Crippen molar-refractivity contribution < 1.29 is 0 Å². The van der Waals surface area contributed by atoms with Crippen LogP contribution in [0.4, 0.5) is 0 Å². The maximum Gasteiger partial charge on any atom is 0.0591 e. The van der Waals surface area contributed by atoms with Crippen LogP contribution in [0.1, 0.15) is 23.4 Å². The fraction of sp³-hybridized carbons (Fsp3) is 0.333. The molecule has 0 saturated carbocycles. The van der Waals surface area contributed by atoms with Crippen molar-refractivity contribution in [2.45, 2.75) is 25.6 Å². The number of nitrogens with two attached hydrogens (primary N) is 1. The molecule has 2 unspecified atom stereocenters. The number of likely N-dealkylation sites (N-methyl/N-ethyl adjacent to an activating group) is 1. The number of rotatable bonds is 5. The highest BCUT2D eigenvalue weighted by atomic mass is 79.9. The Balaban J connectivity index is 2.14. The molecule has 1 aromatic carbocycles. The summed E-state index contributed by atoms with van der Waals surface area (Å²) in [5.74, 6) is 0. The van der Waals surface area contributed by atoms with Gasteiger partial charge in [-0.1, -0.05) is 34.1 Å². The summed E-state index contributed by atoms with van der Waals surface area (Å²) in [5, 5.41) is 2.11. The van der Waals surface area contributed by atoms with Gasteiger partial charge in [-0.15, -0.1) is 11.3 Å². The predicted molar refractivity (Wildman–Crippen MR) is 86.3 cm³/mol. The van der Waals surface area contributed by atoms with Gasteiger partial charge in [0.15, 0.2) is 0 Å². The molecule has 2 aromatic rings. The van der Waals surface area contributed by atoms with Crippen molar-refractivity contribution in [1.82, 2.24) is 4.90 Å². The van der Waals surface area contributed by atoms with Gasteiger partial charge in [0.1, 0.15) is 0 Å². The summed E-state index contributed by atoms with van der Waals surface area (Å²) < 4.78 is 1.12. The second-order valence-electron chi connectivity index (χ2n) is 4.86. The number of halogens is 1. The average Bonchev–Trinajstić information content (AvgIpc) is 2.82. The number of thiophene rings is 1. The first kappa shape index (κ1) is 14.7. The third-order valence-electron chi connectivity index (χ3n) is 3.13. The van der Waals surface area contributed by atoms with E-state index in [0.717, 1.165) is 11.0 Å². The molecular formula is C15H19BrN2S. The third-order valence-corrected chi connectivity index (χ3v) is 4.56. The molecule has 102 valence electrons. The molecule has 2 N–H and O–H groups in total. The lowest BCUT2D eigenvalue weighted by Gasteiger charge is -2.30. The molecule has 0 aliphatic heterocycles. The van der Waals surface area contributed by atoms with Gasteiger partial charge in [0.05, 0.1) is 6.04 Å². The molecule has 1 aromatic heterocycles. The molecule has 4 heteroatoms. The molecule has 0 radical (unpaired) electrons. The first-order valence-electron chi connectivity index (χ1n) is 6.31. The summed E-state index contributed by atoms with van der Waals surface area (Å²) in [4.78, 5) is 3.64. The molecule has 0 aliphatic rings. The van der Waals surface area contributed by atoms with E-state index in [1.807, 2.05) is 6.07 Å². The van der Waals surface area contributed by atoms with Crippen molar-refractivity contribution in [2.24, 2.45) is 5.73 Å². The Morgan fingerprint density at radius 1 is 1.32 bits per heavy atom. The Hall–Kier alpha value is -0.680. The van der Waals surface area contributed by atoms with Gasteiger partial charge in [0, 0.05) is 21.9 Å². The average molecular weight is 339 g/mol. The van der Waals surface area contributed by atoms with Gasteiger partial charge in [-0.25, -0.2) is 0 Å². The van der Waals surface area contributed by atoms with Crippen LogP contribution in [0.15, 0.2) is 46.3 Å². The Bertz CT molecular complexity index is 511. The third kappa shape index (κ3) is 3.89. The van der Waals surface area contributed by atoms with E-state index in [-0.39, 0.29) is 12.1 Å². The van der Waals surface area contributed by atoms with Crippen LogP contribution >= 0.6 is 27.3 Å². The molecule has 0 amide bonds. The fourth-order valence-electron chi connectivity index (χ4n) is 2.36. The van der Waals surface area contributed by atoms with Crippen molar-refractivity contribution in [3.8, 4) is 0 Å². The van der Waals surface area contributed by atoms with Gasteiger partial charge in [0.2, 0.25) is 0 Å². The maximum atomic E-state index is 6.17. The van der Waals surface area contributed by atoms with E-state index in [9.17, 15) is 0 Å². The number of hydrogen-bond donors (Lipinski definition) is 1. The van der Waals surface area contributed by atoms with Crippen LogP contribution < -0.4 is 5.73 Å². The molecule has 1 heterocycles. The topological polar surface area (TPSA) is 29.3 Å². The van der Waals surface area contributed by atoms with Gasteiger partial charge in [-0.2, -0.15) is 0 Å². The van der Waals surface area contributed by atoms with Crippen LogP contribution in [0.25, 0.3) is 0 Å². The van der Waals surface area contributed by atoms with Crippen LogP contribution in [-0.2, 0) is 6.54 Å². The minimum atomic E-state index is 0.107. The summed E-state index contributed by atoms with van der Waals surface area (Å²) >= 11 is 5.29. The smallest absolute Gasteiger partial charge is 0.0591 e. The number of nitrogens with zero attached hydrogens (tertiary/aromatic N) is 1. The Morgan fingerprint density at radius 3 is 2.68 bits per heavy atom. The fourth-order valence-corrected chi connectivity index (χ4v) is 3.81. The Labute approximate surface area is 127 Å². The largest absolute Gasteiger partial charge is 0.326 e. The summed E-state index contributed by atoms with van der Waals surface area (Å²) in [6, 6.07) is 13.0. The Kier molecular flexibility index (Phi) is 5.16. The van der Waals surface area contributed by atoms with Crippen LogP contribution in [0.2, 0.25) is 0 Å². The summed E-state index contributed by atoms with van der Waals surface area (Å²) in [5.41, 5.74) is 7.46. The van der Waals surface area contributed by atoms with E-state index in [2.05, 4.69) is 70.5 Å². The molecule has 0 bridgehead atoms. The molecule has 19 heavy (non-hydrogen) atoms. The molecular weight excluding hydrogens is 320 g/mol. The lowest BCUT2D eigenvalue weighted by molar-refractivity contribution is 0.214. The highest BCUT2D eigenvalue weighted by molar-refractivity contribution is 9.10. The van der Waals surface area contributed by atoms with Crippen molar-refractivity contribution >= 4 is 27.3 Å². The van der Waals surface area contributed by atoms with Crippen LogP contribution in [0.3, 0.4) is 0 Å². The van der Waals surface area contributed by atoms with Gasteiger partial charge < -0.3 is 5.73 Å². The van der Waals surface area contributed by atoms with Gasteiger partial charge in [-0.05, 0) is 43.1 Å². The van der Waals surface area contributed by atoms with E-state index in [1.54, 1.807) is 11.3 Å². The summed E-state index contributed by atoms with van der Waals surface area (Å²) in [6.07, 6.45) is 0. The molecule has 2 nitrogen and oxygen atoms in total. The Morgan fingerprint density at radius 2 is 2.11 bits per heavy atom. The summed E-state index contributed by atoms with van der Waals surface area (Å²) in [7, 11) is 2.13. The van der Waals surface area contributed by atoms with Crippen LogP contribution in [0.5, 0.6) is 0 Å². The highest BCUT2D eigenvalue weighted by Gasteiger charge is 2.22. The molecule has 2 rings (SSSR count). The maximum absolute atomic E-state index is 6.17. The van der Waals surface area contributed by atoms with Crippen molar-refractivity contribution in [2.75, 3.05) is 7.05 Å². The van der Waals surface area contributed by atoms with E-state index in [1.165, 1.54) is 10.4 Å². The zero-order valence-corrected chi connectivity index (χ0v) is 13.6. The SMILES string of the molecule is CC(N)C(c1cccs1)N(C)Cc1cccc(Br)c1. The standard InChI is InChI=1S/C15H19BrN2S/c1-11(17)15(14-7-4-8-19-14)18(2)10-12-5-3-6-13(16)9-12/h3-9,11,15H,10,17H2,1-2H3. The molecule has 0 saturated heterocycles. The second kappa shape index (κ2) is 6.66. The van der Waals surface area contributed by atoms with Crippen LogP contribution in [0, 0.1) is 0 Å². The van der Waals surface area contributed by atoms with E-state index in [4.69, 9.17) is 5.73 Å². The van der Waals surface area contributed by atoms with Gasteiger partial charge in [-0.3, -0.25) is 4.90 Å². The summed E-state index contributed by atoms with van der Waals surface area (Å²) in [6.45, 7) is 2.96. The van der Waals surface area contributed by atoms with Gasteiger partial charge >= 0.3 is 0 Å². The zero-order valence-electron chi connectivity index (χ0n) is 11.2. The minimum Gasteiger partial charge on any atom is -0.326 e. The van der Waals surface area contributed by atoms with Crippen molar-refractivity contribution in [1.29, 1.82) is 0 Å². The number of hydrogen-bond acceptors (Lipinski definition) is 3. The zero-order chi connectivity index (χ0) is 13.8. The van der Waals surface area contributed by atoms with Crippen LogP contribution in [-0.4, -0.2) is 18.0 Å². The van der Waals surface area contributed by atoms with Crippen molar-refractivity contribution in [3.63, 3.8) is 0 Å². The molecule has 0 spiro atoms. The minimum absolute atomic E-state index is 0.107. The van der Waals surface area contributed by atoms with Gasteiger partial charge in [0.25, 0.3) is 0 Å².